The Balaban J connectivity index is 1.32. The Bertz CT molecular complexity index is 893. The number of para-hydroxylation sites is 3. The van der Waals surface area contributed by atoms with Gasteiger partial charge < -0.3 is 14.1 Å². The standard InChI is InChI=1S/C22H24N2O3/c1-26-19-8-4-2-6-16(19)10-11-21(25)24-14-12-17(13-15-24)22-23-18-7-3-5-9-20(18)27-22/h2-9,17H,10-15H2,1H3. The Morgan fingerprint density at radius 1 is 1.15 bits per heavy atom. The van der Waals surface area contributed by atoms with Crippen LogP contribution in [0.4, 0.5) is 0 Å². The molecule has 5 nitrogen and oxygen atoms in total. The van der Waals surface area contributed by atoms with Crippen LogP contribution in [0.25, 0.3) is 11.1 Å². The highest BCUT2D eigenvalue weighted by Gasteiger charge is 2.26. The zero-order valence-electron chi connectivity index (χ0n) is 15.6. The first-order valence-corrected chi connectivity index (χ1v) is 9.49. The number of carbonyl (C=O) groups is 1. The van der Waals surface area contributed by atoms with Gasteiger partial charge in [-0.15, -0.1) is 0 Å². The van der Waals surface area contributed by atoms with Crippen molar-refractivity contribution in [3.63, 3.8) is 0 Å². The largest absolute Gasteiger partial charge is 0.496 e. The molecule has 0 atom stereocenters. The van der Waals surface area contributed by atoms with Crippen LogP contribution in [0.3, 0.4) is 0 Å². The first-order chi connectivity index (χ1) is 13.2. The third kappa shape index (κ3) is 3.82. The van der Waals surface area contributed by atoms with Crippen molar-refractivity contribution in [1.82, 2.24) is 9.88 Å². The SMILES string of the molecule is COc1ccccc1CCC(=O)N1CCC(c2nc3ccccc3o2)CC1. The average Bonchev–Trinajstić information content (AvgIpc) is 3.16. The monoisotopic (exact) mass is 364 g/mol. The van der Waals surface area contributed by atoms with Crippen molar-refractivity contribution < 1.29 is 13.9 Å². The summed E-state index contributed by atoms with van der Waals surface area (Å²) in [4.78, 5) is 19.2. The van der Waals surface area contributed by atoms with Gasteiger partial charge in [-0.25, -0.2) is 4.98 Å². The molecule has 0 unspecified atom stereocenters. The molecule has 0 bridgehead atoms. The Morgan fingerprint density at radius 3 is 2.67 bits per heavy atom. The highest BCUT2D eigenvalue weighted by atomic mass is 16.5. The zero-order valence-corrected chi connectivity index (χ0v) is 15.6. The molecule has 0 saturated carbocycles. The second-order valence-electron chi connectivity index (χ2n) is 6.99. The number of fused-ring (bicyclic) bond motifs is 1. The van der Waals surface area contributed by atoms with Crippen molar-refractivity contribution in [2.75, 3.05) is 20.2 Å². The number of ether oxygens (including phenoxy) is 1. The number of methoxy groups -OCH3 is 1. The minimum Gasteiger partial charge on any atom is -0.496 e. The quantitative estimate of drug-likeness (QED) is 0.682. The second kappa shape index (κ2) is 7.82. The molecule has 0 N–H and O–H groups in total. The molecule has 1 fully saturated rings. The van der Waals surface area contributed by atoms with Crippen molar-refractivity contribution in [2.45, 2.75) is 31.6 Å². The maximum absolute atomic E-state index is 12.6. The smallest absolute Gasteiger partial charge is 0.222 e. The van der Waals surface area contributed by atoms with E-state index in [0.717, 1.165) is 54.2 Å². The molecule has 2 aromatic carbocycles. The van der Waals surface area contributed by atoms with E-state index < -0.39 is 0 Å². The molecular formula is C22H24N2O3. The molecule has 0 spiro atoms. The first kappa shape index (κ1) is 17.6. The summed E-state index contributed by atoms with van der Waals surface area (Å²) in [6.07, 6.45) is 3.00. The lowest BCUT2D eigenvalue weighted by Gasteiger charge is -2.30. The number of hydrogen-bond donors (Lipinski definition) is 0. The van der Waals surface area contributed by atoms with E-state index >= 15 is 0 Å². The predicted octanol–water partition coefficient (Wildman–Crippen LogP) is 4.18. The number of oxazole rings is 1. The van der Waals surface area contributed by atoms with Gasteiger partial charge in [-0.3, -0.25) is 4.79 Å². The van der Waals surface area contributed by atoms with Crippen molar-refractivity contribution in [3.8, 4) is 5.75 Å². The topological polar surface area (TPSA) is 55.6 Å². The maximum atomic E-state index is 12.6. The number of nitrogens with zero attached hydrogens (tertiary/aromatic N) is 2. The van der Waals surface area contributed by atoms with Gasteiger partial charge in [-0.05, 0) is 43.0 Å². The highest BCUT2D eigenvalue weighted by molar-refractivity contribution is 5.76. The summed E-state index contributed by atoms with van der Waals surface area (Å²) < 4.78 is 11.3. The lowest BCUT2D eigenvalue weighted by atomic mass is 9.96. The molecule has 1 saturated heterocycles. The number of hydrogen-bond acceptors (Lipinski definition) is 4. The number of piperidine rings is 1. The van der Waals surface area contributed by atoms with Crippen LogP contribution in [0.15, 0.2) is 52.9 Å². The third-order valence-corrected chi connectivity index (χ3v) is 5.31. The van der Waals surface area contributed by atoms with E-state index in [4.69, 9.17) is 9.15 Å². The fourth-order valence-electron chi connectivity index (χ4n) is 3.75. The molecule has 140 valence electrons. The van der Waals surface area contributed by atoms with E-state index in [0.29, 0.717) is 12.8 Å². The Kier molecular flexibility index (Phi) is 5.10. The predicted molar refractivity (Wildman–Crippen MR) is 104 cm³/mol. The minimum absolute atomic E-state index is 0.205. The van der Waals surface area contributed by atoms with Gasteiger partial charge in [0.15, 0.2) is 11.5 Å². The van der Waals surface area contributed by atoms with E-state index in [9.17, 15) is 4.79 Å². The molecule has 0 aliphatic carbocycles. The van der Waals surface area contributed by atoms with Crippen molar-refractivity contribution >= 4 is 17.0 Å². The Morgan fingerprint density at radius 2 is 1.89 bits per heavy atom. The second-order valence-corrected chi connectivity index (χ2v) is 6.99. The molecule has 4 rings (SSSR count). The van der Waals surface area contributed by atoms with Gasteiger partial charge in [-0.1, -0.05) is 30.3 Å². The molecule has 5 heteroatoms. The van der Waals surface area contributed by atoms with Crippen LogP contribution >= 0.6 is 0 Å². The lowest BCUT2D eigenvalue weighted by Crippen LogP contribution is -2.38. The summed E-state index contributed by atoms with van der Waals surface area (Å²) in [5, 5.41) is 0. The van der Waals surface area contributed by atoms with Gasteiger partial charge >= 0.3 is 0 Å². The van der Waals surface area contributed by atoms with Crippen LogP contribution in [0, 0.1) is 0 Å². The Hall–Kier alpha value is -2.82. The summed E-state index contributed by atoms with van der Waals surface area (Å²) in [6, 6.07) is 15.7. The van der Waals surface area contributed by atoms with E-state index in [1.807, 2.05) is 53.4 Å². The number of benzene rings is 2. The van der Waals surface area contributed by atoms with Crippen molar-refractivity contribution in [3.05, 3.63) is 60.0 Å². The fraction of sp³-hybridized carbons (Fsp3) is 0.364. The molecule has 1 aromatic heterocycles. The Labute approximate surface area is 158 Å². The molecule has 2 heterocycles. The number of aromatic nitrogens is 1. The average molecular weight is 364 g/mol. The number of likely N-dealkylation sites (tertiary alicyclic amines) is 1. The molecule has 1 aliphatic heterocycles. The van der Waals surface area contributed by atoms with Gasteiger partial charge in [0.1, 0.15) is 11.3 Å². The summed E-state index contributed by atoms with van der Waals surface area (Å²) in [5.41, 5.74) is 2.82. The minimum atomic E-state index is 0.205. The molecule has 1 amide bonds. The van der Waals surface area contributed by atoms with Crippen LogP contribution in [-0.4, -0.2) is 36.0 Å². The molecule has 0 radical (unpaired) electrons. The maximum Gasteiger partial charge on any atom is 0.222 e. The van der Waals surface area contributed by atoms with Gasteiger partial charge in [-0.2, -0.15) is 0 Å². The van der Waals surface area contributed by atoms with Crippen molar-refractivity contribution in [2.24, 2.45) is 0 Å². The zero-order chi connectivity index (χ0) is 18.6. The van der Waals surface area contributed by atoms with Crippen LogP contribution in [-0.2, 0) is 11.2 Å². The third-order valence-electron chi connectivity index (χ3n) is 5.31. The number of aryl methyl sites for hydroxylation is 1. The normalized spacial score (nSPS) is 15.2. The molecule has 1 aliphatic rings. The van der Waals surface area contributed by atoms with Gasteiger partial charge in [0.25, 0.3) is 0 Å². The summed E-state index contributed by atoms with van der Waals surface area (Å²) in [6.45, 7) is 1.52. The summed E-state index contributed by atoms with van der Waals surface area (Å²) >= 11 is 0. The van der Waals surface area contributed by atoms with Gasteiger partial charge in [0, 0.05) is 25.4 Å². The molecule has 27 heavy (non-hydrogen) atoms. The van der Waals surface area contributed by atoms with E-state index in [-0.39, 0.29) is 11.8 Å². The molecule has 3 aromatic rings. The fourth-order valence-corrected chi connectivity index (χ4v) is 3.75. The van der Waals surface area contributed by atoms with E-state index in [1.165, 1.54) is 0 Å². The van der Waals surface area contributed by atoms with Gasteiger partial charge in [0.05, 0.1) is 7.11 Å². The number of rotatable bonds is 5. The van der Waals surface area contributed by atoms with Crippen LogP contribution < -0.4 is 4.74 Å². The van der Waals surface area contributed by atoms with Crippen LogP contribution in [0.5, 0.6) is 5.75 Å². The number of carbonyl (C=O) groups excluding carboxylic acids is 1. The first-order valence-electron chi connectivity index (χ1n) is 9.49. The van der Waals surface area contributed by atoms with Crippen LogP contribution in [0.1, 0.15) is 36.6 Å². The van der Waals surface area contributed by atoms with Gasteiger partial charge in [0.2, 0.25) is 5.91 Å². The lowest BCUT2D eigenvalue weighted by molar-refractivity contribution is -0.132. The molecular weight excluding hydrogens is 340 g/mol. The van der Waals surface area contributed by atoms with E-state index in [1.54, 1.807) is 7.11 Å². The van der Waals surface area contributed by atoms with Crippen molar-refractivity contribution in [1.29, 1.82) is 0 Å². The summed E-state index contributed by atoms with van der Waals surface area (Å²) in [7, 11) is 1.66. The number of amides is 1. The van der Waals surface area contributed by atoms with Crippen LogP contribution in [0.2, 0.25) is 0 Å². The van der Waals surface area contributed by atoms with E-state index in [2.05, 4.69) is 4.98 Å². The summed E-state index contributed by atoms with van der Waals surface area (Å²) in [5.74, 6) is 2.14. The highest BCUT2D eigenvalue weighted by Crippen LogP contribution is 2.30.